The highest BCUT2D eigenvalue weighted by Gasteiger charge is 2.56. The zero-order valence-corrected chi connectivity index (χ0v) is 14.2. The fraction of sp³-hybridized carbons (Fsp3) is 1.00. The normalized spacial score (nSPS) is 28.8. The Bertz CT molecular complexity index is 286. The van der Waals surface area contributed by atoms with Gasteiger partial charge in [0.2, 0.25) is 0 Å². The van der Waals surface area contributed by atoms with Crippen molar-refractivity contribution >= 4 is 0 Å². The van der Waals surface area contributed by atoms with Gasteiger partial charge in [-0.2, -0.15) is 0 Å². The van der Waals surface area contributed by atoms with Crippen molar-refractivity contribution in [2.75, 3.05) is 13.2 Å². The first-order valence-corrected chi connectivity index (χ1v) is 8.86. The lowest BCUT2D eigenvalue weighted by Gasteiger charge is -2.54. The van der Waals surface area contributed by atoms with Crippen molar-refractivity contribution < 1.29 is 4.74 Å². The Morgan fingerprint density at radius 3 is 2.20 bits per heavy atom. The second-order valence-electron chi connectivity index (χ2n) is 7.73. The molecule has 2 aliphatic carbocycles. The van der Waals surface area contributed by atoms with E-state index >= 15 is 0 Å². The number of rotatable bonds is 7. The summed E-state index contributed by atoms with van der Waals surface area (Å²) >= 11 is 0. The SMILES string of the molecule is CCOC1CC(NCC(C(C)C)C(C)C)C12CCCC2. The molecular formula is C18H35NO. The van der Waals surface area contributed by atoms with Crippen LogP contribution in [0, 0.1) is 23.2 Å². The van der Waals surface area contributed by atoms with Crippen LogP contribution in [0.25, 0.3) is 0 Å². The van der Waals surface area contributed by atoms with E-state index in [-0.39, 0.29) is 0 Å². The van der Waals surface area contributed by atoms with Crippen LogP contribution in [0.1, 0.15) is 66.7 Å². The summed E-state index contributed by atoms with van der Waals surface area (Å²) in [5.41, 5.74) is 0.481. The van der Waals surface area contributed by atoms with Crippen LogP contribution in [-0.4, -0.2) is 25.3 Å². The molecule has 2 fully saturated rings. The topological polar surface area (TPSA) is 21.3 Å². The first kappa shape index (κ1) is 16.3. The van der Waals surface area contributed by atoms with E-state index in [1.165, 1.54) is 38.6 Å². The van der Waals surface area contributed by atoms with Crippen molar-refractivity contribution in [3.8, 4) is 0 Å². The van der Waals surface area contributed by atoms with Gasteiger partial charge in [0.15, 0.2) is 0 Å². The van der Waals surface area contributed by atoms with Gasteiger partial charge in [0.1, 0.15) is 0 Å². The van der Waals surface area contributed by atoms with Gasteiger partial charge in [-0.05, 0) is 50.5 Å². The highest BCUT2D eigenvalue weighted by Crippen LogP contribution is 2.54. The quantitative estimate of drug-likeness (QED) is 0.753. The molecule has 0 aromatic rings. The molecule has 0 radical (unpaired) electrons. The van der Waals surface area contributed by atoms with E-state index in [1.807, 2.05) is 0 Å². The molecule has 2 rings (SSSR count). The Morgan fingerprint density at radius 2 is 1.70 bits per heavy atom. The van der Waals surface area contributed by atoms with Crippen molar-refractivity contribution in [3.05, 3.63) is 0 Å². The molecule has 0 bridgehead atoms. The van der Waals surface area contributed by atoms with Crippen LogP contribution < -0.4 is 5.32 Å². The van der Waals surface area contributed by atoms with Crippen LogP contribution in [0.15, 0.2) is 0 Å². The second-order valence-corrected chi connectivity index (χ2v) is 7.73. The lowest BCUT2D eigenvalue weighted by atomic mass is 9.60. The zero-order chi connectivity index (χ0) is 14.8. The van der Waals surface area contributed by atoms with E-state index in [9.17, 15) is 0 Å². The molecule has 0 amide bonds. The van der Waals surface area contributed by atoms with Crippen molar-refractivity contribution in [1.82, 2.24) is 5.32 Å². The predicted octanol–water partition coefficient (Wildman–Crippen LogP) is 4.24. The molecule has 2 atom stereocenters. The van der Waals surface area contributed by atoms with E-state index in [0.29, 0.717) is 17.6 Å². The summed E-state index contributed by atoms with van der Waals surface area (Å²) in [6.07, 6.45) is 7.33. The molecule has 118 valence electrons. The minimum Gasteiger partial charge on any atom is -0.378 e. The molecule has 2 heteroatoms. The van der Waals surface area contributed by atoms with E-state index < -0.39 is 0 Å². The maximum Gasteiger partial charge on any atom is 0.0661 e. The van der Waals surface area contributed by atoms with Gasteiger partial charge in [0, 0.05) is 18.1 Å². The molecular weight excluding hydrogens is 246 g/mol. The summed E-state index contributed by atoms with van der Waals surface area (Å²) in [7, 11) is 0. The minimum absolute atomic E-state index is 0.481. The van der Waals surface area contributed by atoms with Gasteiger partial charge in [-0.1, -0.05) is 40.5 Å². The summed E-state index contributed by atoms with van der Waals surface area (Å²) in [6.45, 7) is 13.6. The lowest BCUT2D eigenvalue weighted by molar-refractivity contribution is -0.131. The maximum absolute atomic E-state index is 6.01. The van der Waals surface area contributed by atoms with Crippen molar-refractivity contribution in [3.63, 3.8) is 0 Å². The summed E-state index contributed by atoms with van der Waals surface area (Å²) in [5, 5.41) is 3.92. The third-order valence-corrected chi connectivity index (χ3v) is 6.00. The van der Waals surface area contributed by atoms with Gasteiger partial charge < -0.3 is 10.1 Å². The molecule has 2 unspecified atom stereocenters. The van der Waals surface area contributed by atoms with Crippen LogP contribution in [-0.2, 0) is 4.74 Å². The minimum atomic E-state index is 0.481. The average molecular weight is 281 g/mol. The van der Waals surface area contributed by atoms with Crippen LogP contribution in [0.2, 0.25) is 0 Å². The molecule has 2 nitrogen and oxygen atoms in total. The van der Waals surface area contributed by atoms with Crippen molar-refractivity contribution in [2.24, 2.45) is 23.2 Å². The first-order chi connectivity index (χ1) is 9.51. The molecule has 0 saturated heterocycles. The number of hydrogen-bond donors (Lipinski definition) is 1. The summed E-state index contributed by atoms with van der Waals surface area (Å²) in [5.74, 6) is 2.33. The van der Waals surface area contributed by atoms with E-state index in [2.05, 4.69) is 39.9 Å². The Kier molecular flexibility index (Phi) is 5.53. The Balaban J connectivity index is 1.90. The third kappa shape index (κ3) is 3.06. The third-order valence-electron chi connectivity index (χ3n) is 6.00. The Morgan fingerprint density at radius 1 is 1.10 bits per heavy atom. The zero-order valence-electron chi connectivity index (χ0n) is 14.2. The van der Waals surface area contributed by atoms with E-state index in [1.54, 1.807) is 0 Å². The molecule has 2 saturated carbocycles. The number of nitrogens with one attached hydrogen (secondary N) is 1. The van der Waals surface area contributed by atoms with Gasteiger partial charge in [0.25, 0.3) is 0 Å². The monoisotopic (exact) mass is 281 g/mol. The predicted molar refractivity (Wildman–Crippen MR) is 85.9 cm³/mol. The van der Waals surface area contributed by atoms with Crippen LogP contribution in [0.4, 0.5) is 0 Å². The molecule has 0 heterocycles. The maximum atomic E-state index is 6.01. The molecule has 0 aliphatic heterocycles. The second kappa shape index (κ2) is 6.79. The highest BCUT2D eigenvalue weighted by atomic mass is 16.5. The van der Waals surface area contributed by atoms with Crippen molar-refractivity contribution in [2.45, 2.75) is 78.9 Å². The number of ether oxygens (including phenoxy) is 1. The van der Waals surface area contributed by atoms with Gasteiger partial charge in [-0.15, -0.1) is 0 Å². The van der Waals surface area contributed by atoms with E-state index in [4.69, 9.17) is 4.74 Å². The first-order valence-electron chi connectivity index (χ1n) is 8.86. The molecule has 20 heavy (non-hydrogen) atoms. The molecule has 0 aromatic carbocycles. The highest BCUT2D eigenvalue weighted by molar-refractivity contribution is 5.10. The van der Waals surface area contributed by atoms with Crippen LogP contribution in [0.3, 0.4) is 0 Å². The van der Waals surface area contributed by atoms with E-state index in [0.717, 1.165) is 24.4 Å². The van der Waals surface area contributed by atoms with Gasteiger partial charge >= 0.3 is 0 Å². The Hall–Kier alpha value is -0.0800. The van der Waals surface area contributed by atoms with Gasteiger partial charge in [-0.25, -0.2) is 0 Å². The summed E-state index contributed by atoms with van der Waals surface area (Å²) in [6, 6.07) is 0.710. The fourth-order valence-corrected chi connectivity index (χ4v) is 4.69. The number of hydrogen-bond acceptors (Lipinski definition) is 2. The Labute approximate surface area is 126 Å². The van der Waals surface area contributed by atoms with Crippen LogP contribution in [0.5, 0.6) is 0 Å². The molecule has 1 N–H and O–H groups in total. The molecule has 0 aromatic heterocycles. The molecule has 2 aliphatic rings. The average Bonchev–Trinajstić information content (AvgIpc) is 2.88. The summed E-state index contributed by atoms with van der Waals surface area (Å²) < 4.78 is 6.01. The molecule has 1 spiro atoms. The largest absolute Gasteiger partial charge is 0.378 e. The van der Waals surface area contributed by atoms with Crippen molar-refractivity contribution in [1.29, 1.82) is 0 Å². The van der Waals surface area contributed by atoms with Gasteiger partial charge in [-0.3, -0.25) is 0 Å². The smallest absolute Gasteiger partial charge is 0.0661 e. The fourth-order valence-electron chi connectivity index (χ4n) is 4.69. The van der Waals surface area contributed by atoms with Crippen LogP contribution >= 0.6 is 0 Å². The van der Waals surface area contributed by atoms with Gasteiger partial charge in [0.05, 0.1) is 6.10 Å². The standard InChI is InChI=1S/C18H35NO/c1-6-20-17-11-16(18(17)9-7-8-10-18)19-12-15(13(2)3)14(4)5/h13-17,19H,6-12H2,1-5H3. The lowest BCUT2D eigenvalue weighted by Crippen LogP contribution is -2.63. The summed E-state index contributed by atoms with van der Waals surface area (Å²) in [4.78, 5) is 0.